The third-order valence-corrected chi connectivity index (χ3v) is 4.49. The number of amides is 1. The number of nitrogens with two attached hydrogens (primary N) is 2. The van der Waals surface area contributed by atoms with Crippen LogP contribution in [-0.2, 0) is 11.3 Å². The van der Waals surface area contributed by atoms with Crippen molar-refractivity contribution in [3.05, 3.63) is 55.1 Å². The summed E-state index contributed by atoms with van der Waals surface area (Å²) in [4.78, 5) is 22.9. The lowest BCUT2D eigenvalue weighted by Crippen LogP contribution is -2.33. The van der Waals surface area contributed by atoms with Crippen LogP contribution >= 0.6 is 0 Å². The van der Waals surface area contributed by atoms with Crippen LogP contribution in [0, 0.1) is 0 Å². The molecule has 2 aromatic rings. The number of hydrogen-bond acceptors (Lipinski definition) is 8. The molecule has 1 atom stereocenters. The minimum absolute atomic E-state index is 0.0682. The quantitative estimate of drug-likeness (QED) is 0.420. The van der Waals surface area contributed by atoms with Crippen LogP contribution < -0.4 is 26.4 Å². The van der Waals surface area contributed by atoms with E-state index in [9.17, 15) is 4.79 Å². The Morgan fingerprint density at radius 3 is 2.75 bits per heavy atom. The van der Waals surface area contributed by atoms with Crippen LogP contribution in [-0.4, -0.2) is 35.3 Å². The molecule has 1 heterocycles. The third-order valence-electron chi connectivity index (χ3n) is 4.49. The highest BCUT2D eigenvalue weighted by Crippen LogP contribution is 2.29. The van der Waals surface area contributed by atoms with Crippen molar-refractivity contribution < 1.29 is 14.3 Å². The molecule has 5 N–H and O–H groups in total. The topological polar surface area (TPSA) is 129 Å². The predicted molar refractivity (Wildman–Crippen MR) is 129 cm³/mol. The van der Waals surface area contributed by atoms with Crippen LogP contribution in [0.5, 0.6) is 5.75 Å². The van der Waals surface area contributed by atoms with Crippen molar-refractivity contribution in [2.75, 3.05) is 34.9 Å². The van der Waals surface area contributed by atoms with Crippen molar-refractivity contribution in [2.24, 2.45) is 0 Å². The molecule has 1 aromatic heterocycles. The third kappa shape index (κ3) is 6.90. The number of rotatable bonds is 12. The Balaban J connectivity index is 2.38. The van der Waals surface area contributed by atoms with Crippen molar-refractivity contribution >= 4 is 29.4 Å². The molecule has 172 valence electrons. The van der Waals surface area contributed by atoms with E-state index in [1.54, 1.807) is 13.0 Å². The second kappa shape index (κ2) is 12.2. The zero-order valence-electron chi connectivity index (χ0n) is 18.7. The number of allylic oxidation sites excluding steroid dienone is 1. The van der Waals surface area contributed by atoms with Gasteiger partial charge in [0.25, 0.3) is 0 Å². The highest BCUT2D eigenvalue weighted by molar-refractivity contribution is 5.92. The number of nitrogens with one attached hydrogen (secondary N) is 1. The Labute approximate surface area is 189 Å². The number of nitrogens with zero attached hydrogens (tertiary/aromatic N) is 3. The fourth-order valence-electron chi connectivity index (χ4n) is 2.90. The van der Waals surface area contributed by atoms with E-state index >= 15 is 0 Å². The van der Waals surface area contributed by atoms with Gasteiger partial charge in [0.15, 0.2) is 11.6 Å². The Hall–Kier alpha value is -3.75. The van der Waals surface area contributed by atoms with Gasteiger partial charge in [-0.15, -0.1) is 6.58 Å². The number of carbonyl (C=O) groups excluding carboxylic acids is 1. The molecule has 0 aliphatic rings. The summed E-state index contributed by atoms with van der Waals surface area (Å²) in [6.45, 7) is 11.8. The Kier molecular flexibility index (Phi) is 9.34. The van der Waals surface area contributed by atoms with Gasteiger partial charge in [0.1, 0.15) is 18.0 Å². The monoisotopic (exact) mass is 440 g/mol. The van der Waals surface area contributed by atoms with Gasteiger partial charge in [-0.05, 0) is 44.4 Å². The minimum Gasteiger partial charge on any atom is -0.490 e. The molecule has 0 saturated carbocycles. The summed E-state index contributed by atoms with van der Waals surface area (Å²) in [5, 5.41) is 3.19. The zero-order chi connectivity index (χ0) is 23.5. The molecule has 1 aromatic carbocycles. The molecule has 32 heavy (non-hydrogen) atoms. The van der Waals surface area contributed by atoms with E-state index in [0.29, 0.717) is 12.4 Å². The maximum Gasteiger partial charge on any atom is 0.415 e. The maximum atomic E-state index is 12.8. The van der Waals surface area contributed by atoms with Crippen LogP contribution in [0.1, 0.15) is 32.3 Å². The van der Waals surface area contributed by atoms with Crippen LogP contribution in [0.3, 0.4) is 0 Å². The summed E-state index contributed by atoms with van der Waals surface area (Å²) in [5.41, 5.74) is 13.1. The maximum absolute atomic E-state index is 12.8. The molecule has 9 heteroatoms. The van der Waals surface area contributed by atoms with Crippen molar-refractivity contribution in [1.29, 1.82) is 0 Å². The lowest BCUT2D eigenvalue weighted by molar-refractivity contribution is 0.159. The molecular weight excluding hydrogens is 408 g/mol. The van der Waals surface area contributed by atoms with Crippen LogP contribution in [0.2, 0.25) is 0 Å². The van der Waals surface area contributed by atoms with E-state index in [1.165, 1.54) is 4.90 Å². The fourth-order valence-corrected chi connectivity index (χ4v) is 2.90. The average Bonchev–Trinajstić information content (AvgIpc) is 2.77. The first kappa shape index (κ1) is 24.5. The van der Waals surface area contributed by atoms with Crippen molar-refractivity contribution in [2.45, 2.75) is 39.3 Å². The van der Waals surface area contributed by atoms with Gasteiger partial charge < -0.3 is 26.3 Å². The molecular formula is C23H32N6O3. The molecule has 0 fully saturated rings. The predicted octanol–water partition coefficient (Wildman–Crippen LogP) is 4.14. The van der Waals surface area contributed by atoms with E-state index in [-0.39, 0.29) is 42.5 Å². The minimum atomic E-state index is -0.597. The smallest absolute Gasteiger partial charge is 0.415 e. The number of hydrogen-bond donors (Lipinski definition) is 3. The van der Waals surface area contributed by atoms with Gasteiger partial charge in [-0.1, -0.05) is 30.9 Å². The van der Waals surface area contributed by atoms with Crippen LogP contribution in [0.15, 0.2) is 49.6 Å². The molecule has 9 nitrogen and oxygen atoms in total. The molecule has 0 aliphatic carbocycles. The SMILES string of the molecule is C=CCCC(C)Nc1nc(N)c(N)c(N(Cc2cccc(OCC=C)c2)C(=O)OCC)n1. The second-order valence-corrected chi connectivity index (χ2v) is 7.11. The van der Waals surface area contributed by atoms with Crippen LogP contribution in [0.25, 0.3) is 0 Å². The van der Waals surface area contributed by atoms with Gasteiger partial charge >= 0.3 is 6.09 Å². The largest absolute Gasteiger partial charge is 0.490 e. The van der Waals surface area contributed by atoms with Crippen molar-refractivity contribution in [3.8, 4) is 5.75 Å². The standard InChI is InChI=1S/C23H32N6O3/c1-5-8-10-16(4)26-22-27-20(25)19(24)21(28-22)29(23(30)31-7-3)15-17-11-9-12-18(14-17)32-13-6-2/h5-6,9,11-12,14,16H,1-2,7-8,10,13,15,24H2,3-4H3,(H3,25,26,27,28). The Bertz CT molecular complexity index is 934. The molecule has 1 amide bonds. The van der Waals surface area contributed by atoms with Gasteiger partial charge in [-0.25, -0.2) is 4.79 Å². The summed E-state index contributed by atoms with van der Waals surface area (Å²) in [7, 11) is 0. The van der Waals surface area contributed by atoms with E-state index in [4.69, 9.17) is 20.9 Å². The lowest BCUT2D eigenvalue weighted by Gasteiger charge is -2.24. The Morgan fingerprint density at radius 2 is 2.06 bits per heavy atom. The summed E-state index contributed by atoms with van der Waals surface area (Å²) in [6.07, 6.45) is 4.58. The average molecular weight is 441 g/mol. The first-order chi connectivity index (χ1) is 15.4. The molecule has 0 spiro atoms. The summed E-state index contributed by atoms with van der Waals surface area (Å²) >= 11 is 0. The summed E-state index contributed by atoms with van der Waals surface area (Å²) in [5.74, 6) is 1.18. The number of carbonyl (C=O) groups is 1. The number of anilines is 4. The molecule has 2 rings (SSSR count). The van der Waals surface area contributed by atoms with Gasteiger partial charge in [0, 0.05) is 6.04 Å². The fraction of sp³-hybridized carbons (Fsp3) is 0.348. The normalized spacial score (nSPS) is 11.3. The number of aromatic nitrogens is 2. The van der Waals surface area contributed by atoms with Gasteiger partial charge in [-0.2, -0.15) is 9.97 Å². The van der Waals surface area contributed by atoms with Gasteiger partial charge in [0.05, 0.1) is 13.2 Å². The highest BCUT2D eigenvalue weighted by Gasteiger charge is 2.24. The number of ether oxygens (including phenoxy) is 2. The molecule has 0 bridgehead atoms. The summed E-state index contributed by atoms with van der Waals surface area (Å²) < 4.78 is 10.8. The van der Waals surface area contributed by atoms with E-state index < -0.39 is 6.09 Å². The summed E-state index contributed by atoms with van der Waals surface area (Å²) in [6, 6.07) is 7.42. The first-order valence-electron chi connectivity index (χ1n) is 10.5. The van der Waals surface area contributed by atoms with Crippen molar-refractivity contribution in [3.63, 3.8) is 0 Å². The van der Waals surface area contributed by atoms with E-state index in [2.05, 4.69) is 28.4 Å². The highest BCUT2D eigenvalue weighted by atomic mass is 16.6. The first-order valence-corrected chi connectivity index (χ1v) is 10.5. The lowest BCUT2D eigenvalue weighted by atomic mass is 10.2. The van der Waals surface area contributed by atoms with Crippen molar-refractivity contribution in [1.82, 2.24) is 9.97 Å². The second-order valence-electron chi connectivity index (χ2n) is 7.11. The molecule has 0 radical (unpaired) electrons. The van der Waals surface area contributed by atoms with Crippen LogP contribution in [0.4, 0.5) is 28.1 Å². The molecule has 0 aliphatic heterocycles. The zero-order valence-corrected chi connectivity index (χ0v) is 18.7. The number of nitrogen functional groups attached to an aromatic ring is 2. The van der Waals surface area contributed by atoms with Gasteiger partial charge in [0.2, 0.25) is 5.95 Å². The Morgan fingerprint density at radius 1 is 1.28 bits per heavy atom. The molecule has 1 unspecified atom stereocenters. The van der Waals surface area contributed by atoms with E-state index in [0.717, 1.165) is 18.4 Å². The van der Waals surface area contributed by atoms with E-state index in [1.807, 2.05) is 37.3 Å². The number of benzene rings is 1. The van der Waals surface area contributed by atoms with Gasteiger partial charge in [-0.3, -0.25) is 4.90 Å². The molecule has 0 saturated heterocycles.